The molecule has 0 radical (unpaired) electrons. The summed E-state index contributed by atoms with van der Waals surface area (Å²) in [6.45, 7) is 9.61. The molecule has 0 spiro atoms. The number of pyridine rings is 1. The van der Waals surface area contributed by atoms with E-state index in [0.29, 0.717) is 5.56 Å². The Kier molecular flexibility index (Phi) is 6.50. The Balaban J connectivity index is 1.46. The molecule has 2 heterocycles. The van der Waals surface area contributed by atoms with Gasteiger partial charge in [-0.2, -0.15) is 5.26 Å². The molecule has 1 aliphatic heterocycles. The zero-order valence-corrected chi connectivity index (χ0v) is 20.7. The molecule has 0 atom stereocenters. The van der Waals surface area contributed by atoms with E-state index >= 15 is 0 Å². The van der Waals surface area contributed by atoms with Gasteiger partial charge >= 0.3 is 0 Å². The highest BCUT2D eigenvalue weighted by molar-refractivity contribution is 5.97. The topological polar surface area (TPSA) is 55.2 Å². The van der Waals surface area contributed by atoms with Crippen LogP contribution in [0.4, 0.5) is 11.4 Å². The Bertz CT molecular complexity index is 1410. The highest BCUT2D eigenvalue weighted by Crippen LogP contribution is 2.33. The molecule has 5 rings (SSSR count). The summed E-state index contributed by atoms with van der Waals surface area (Å²) in [4.78, 5) is 9.53. The molecule has 0 amide bonds. The maximum absolute atomic E-state index is 9.74. The normalized spacial score (nSPS) is 14.7. The molecule has 0 bridgehead atoms. The lowest BCUT2D eigenvalue weighted by molar-refractivity contribution is 0.148. The minimum absolute atomic E-state index is 0.541. The van der Waals surface area contributed by atoms with Gasteiger partial charge in [-0.25, -0.2) is 0 Å². The van der Waals surface area contributed by atoms with Crippen LogP contribution in [0.5, 0.6) is 0 Å². The largest absolute Gasteiger partial charge is 0.354 e. The van der Waals surface area contributed by atoms with Gasteiger partial charge in [-0.1, -0.05) is 48.0 Å². The zero-order valence-electron chi connectivity index (χ0n) is 20.7. The molecule has 1 aliphatic rings. The Morgan fingerprint density at radius 2 is 1.74 bits per heavy atom. The predicted octanol–water partition coefficient (Wildman–Crippen LogP) is 5.88. The molecule has 0 aliphatic carbocycles. The third-order valence-electron chi connectivity index (χ3n) is 6.89. The Labute approximate surface area is 207 Å². The number of rotatable bonds is 5. The number of nitrogens with zero attached hydrogens (tertiary/aromatic N) is 4. The van der Waals surface area contributed by atoms with Gasteiger partial charge in [0, 0.05) is 50.0 Å². The number of aromatic nitrogens is 1. The molecular weight excluding hydrogens is 430 g/mol. The highest BCUT2D eigenvalue weighted by Gasteiger charge is 2.15. The summed E-state index contributed by atoms with van der Waals surface area (Å²) in [6.07, 6.45) is 1.67. The van der Waals surface area contributed by atoms with Crippen molar-refractivity contribution in [2.24, 2.45) is 0 Å². The van der Waals surface area contributed by atoms with E-state index in [4.69, 9.17) is 0 Å². The smallest absolute Gasteiger partial charge is 0.103 e. The van der Waals surface area contributed by atoms with Crippen molar-refractivity contribution in [3.8, 4) is 17.2 Å². The van der Waals surface area contributed by atoms with Crippen LogP contribution in [-0.4, -0.2) is 48.0 Å². The first-order valence-corrected chi connectivity index (χ1v) is 12.2. The predicted molar refractivity (Wildman–Crippen MR) is 144 cm³/mol. The van der Waals surface area contributed by atoms with Gasteiger partial charge in [0.15, 0.2) is 0 Å². The second-order valence-electron chi connectivity index (χ2n) is 9.61. The lowest BCUT2D eigenvalue weighted by Gasteiger charge is -2.32. The van der Waals surface area contributed by atoms with E-state index in [-0.39, 0.29) is 0 Å². The lowest BCUT2D eigenvalue weighted by atomic mass is 10.00. The lowest BCUT2D eigenvalue weighted by Crippen LogP contribution is -2.43. The minimum Gasteiger partial charge on any atom is -0.354 e. The molecule has 1 aromatic heterocycles. The number of aryl methyl sites for hydroxylation is 2. The van der Waals surface area contributed by atoms with Crippen molar-refractivity contribution < 1.29 is 0 Å². The van der Waals surface area contributed by atoms with Gasteiger partial charge < -0.3 is 10.2 Å². The van der Waals surface area contributed by atoms with Crippen LogP contribution < -0.4 is 5.32 Å². The summed E-state index contributed by atoms with van der Waals surface area (Å²) in [7, 11) is 2.19. The molecule has 176 valence electrons. The van der Waals surface area contributed by atoms with Crippen LogP contribution in [-0.2, 0) is 6.54 Å². The van der Waals surface area contributed by atoms with Crippen LogP contribution in [0.3, 0.4) is 0 Å². The first kappa shape index (κ1) is 23.0. The maximum Gasteiger partial charge on any atom is 0.103 e. The average molecular weight is 462 g/mol. The van der Waals surface area contributed by atoms with Crippen LogP contribution in [0.1, 0.15) is 22.3 Å². The van der Waals surface area contributed by atoms with Crippen molar-refractivity contribution in [2.45, 2.75) is 20.4 Å². The number of fused-ring (bicyclic) bond motifs is 1. The van der Waals surface area contributed by atoms with Crippen molar-refractivity contribution in [3.05, 3.63) is 89.1 Å². The molecule has 1 N–H and O–H groups in total. The van der Waals surface area contributed by atoms with E-state index in [1.807, 2.05) is 0 Å². The van der Waals surface area contributed by atoms with E-state index in [9.17, 15) is 5.26 Å². The van der Waals surface area contributed by atoms with Gasteiger partial charge in [0.2, 0.25) is 0 Å². The van der Waals surface area contributed by atoms with Gasteiger partial charge in [-0.3, -0.25) is 9.88 Å². The second kappa shape index (κ2) is 9.87. The van der Waals surface area contributed by atoms with Crippen LogP contribution in [0.25, 0.3) is 22.0 Å². The van der Waals surface area contributed by atoms with E-state index < -0.39 is 0 Å². The van der Waals surface area contributed by atoms with E-state index in [0.717, 1.165) is 66.1 Å². The highest BCUT2D eigenvalue weighted by atomic mass is 15.2. The molecule has 0 unspecified atom stereocenters. The SMILES string of the molecule is Cc1ccc(Nc2c(C#N)cnc3cc(-c4cccc(CN5CCN(C)CC5)c4)ccc23)c(C)c1. The molecule has 1 saturated heterocycles. The summed E-state index contributed by atoms with van der Waals surface area (Å²) in [5, 5.41) is 14.2. The monoisotopic (exact) mass is 461 g/mol. The first-order chi connectivity index (χ1) is 17.0. The summed E-state index contributed by atoms with van der Waals surface area (Å²) < 4.78 is 0. The molecule has 4 aromatic rings. The number of hydrogen-bond acceptors (Lipinski definition) is 5. The van der Waals surface area contributed by atoms with E-state index in [1.54, 1.807) is 6.20 Å². The quantitative estimate of drug-likeness (QED) is 0.402. The van der Waals surface area contributed by atoms with Crippen LogP contribution >= 0.6 is 0 Å². The fourth-order valence-electron chi connectivity index (χ4n) is 4.79. The number of likely N-dealkylation sites (N-methyl/N-ethyl adjacent to an activating group) is 1. The minimum atomic E-state index is 0.541. The number of piperazine rings is 1. The van der Waals surface area contributed by atoms with Gasteiger partial charge in [-0.15, -0.1) is 0 Å². The van der Waals surface area contributed by atoms with Crippen molar-refractivity contribution >= 4 is 22.3 Å². The summed E-state index contributed by atoms with van der Waals surface area (Å²) >= 11 is 0. The average Bonchev–Trinajstić information content (AvgIpc) is 2.87. The van der Waals surface area contributed by atoms with E-state index in [1.165, 1.54) is 16.7 Å². The van der Waals surface area contributed by atoms with Gasteiger partial charge in [-0.05, 0) is 61.3 Å². The third-order valence-corrected chi connectivity index (χ3v) is 6.89. The second-order valence-corrected chi connectivity index (χ2v) is 9.61. The molecule has 1 fully saturated rings. The molecule has 3 aromatic carbocycles. The molecule has 0 saturated carbocycles. The summed E-state index contributed by atoms with van der Waals surface area (Å²) in [5.41, 5.74) is 9.23. The van der Waals surface area contributed by atoms with Crippen LogP contribution in [0.15, 0.2) is 66.9 Å². The number of hydrogen-bond donors (Lipinski definition) is 1. The maximum atomic E-state index is 9.74. The molecule has 35 heavy (non-hydrogen) atoms. The summed E-state index contributed by atoms with van der Waals surface area (Å²) in [6, 6.07) is 23.7. The number of benzene rings is 3. The van der Waals surface area contributed by atoms with Gasteiger partial charge in [0.05, 0.1) is 16.8 Å². The van der Waals surface area contributed by atoms with Crippen molar-refractivity contribution in [3.63, 3.8) is 0 Å². The van der Waals surface area contributed by atoms with Crippen molar-refractivity contribution in [1.82, 2.24) is 14.8 Å². The van der Waals surface area contributed by atoms with Crippen molar-refractivity contribution in [2.75, 3.05) is 38.5 Å². The summed E-state index contributed by atoms with van der Waals surface area (Å²) in [5.74, 6) is 0. The number of nitrogens with one attached hydrogen (secondary N) is 1. The molecule has 5 heteroatoms. The number of nitriles is 1. The Hall–Kier alpha value is -3.72. The van der Waals surface area contributed by atoms with Crippen LogP contribution in [0, 0.1) is 25.2 Å². The molecular formula is C30H31N5. The van der Waals surface area contributed by atoms with Gasteiger partial charge in [0.25, 0.3) is 0 Å². The standard InChI is InChI=1S/C30H31N5/c1-21-7-10-28(22(2)15-21)33-30-26(18-31)19-32-29-17-25(8-9-27(29)30)24-6-4-5-23(16-24)20-35-13-11-34(3)12-14-35/h4-10,15-17,19H,11-14,20H2,1-3H3,(H,32,33). The van der Waals surface area contributed by atoms with Crippen LogP contribution in [0.2, 0.25) is 0 Å². The van der Waals surface area contributed by atoms with E-state index in [2.05, 4.69) is 108 Å². The number of anilines is 2. The van der Waals surface area contributed by atoms with Crippen molar-refractivity contribution in [1.29, 1.82) is 5.26 Å². The fourth-order valence-corrected chi connectivity index (χ4v) is 4.79. The third kappa shape index (κ3) is 5.05. The Morgan fingerprint density at radius 3 is 2.51 bits per heavy atom. The Morgan fingerprint density at radius 1 is 0.943 bits per heavy atom. The first-order valence-electron chi connectivity index (χ1n) is 12.2. The molecule has 5 nitrogen and oxygen atoms in total. The fraction of sp³-hybridized carbons (Fsp3) is 0.267. The zero-order chi connectivity index (χ0) is 24.4. The van der Waals surface area contributed by atoms with Gasteiger partial charge in [0.1, 0.15) is 6.07 Å².